The minimum Gasteiger partial charge on any atom is -0.336 e. The molecule has 0 amide bonds. The molecule has 0 bridgehead atoms. The van der Waals surface area contributed by atoms with Crippen LogP contribution in [0.2, 0.25) is 0 Å². The van der Waals surface area contributed by atoms with E-state index >= 15 is 0 Å². The van der Waals surface area contributed by atoms with Gasteiger partial charge >= 0.3 is 0 Å². The maximum atomic E-state index is 4.19. The van der Waals surface area contributed by atoms with Gasteiger partial charge < -0.3 is 9.88 Å². The second-order valence-corrected chi connectivity index (χ2v) is 4.16. The molecule has 1 atom stereocenters. The van der Waals surface area contributed by atoms with E-state index in [4.69, 9.17) is 0 Å². The third kappa shape index (κ3) is 1.69. The van der Waals surface area contributed by atoms with Gasteiger partial charge in [0.25, 0.3) is 0 Å². The molecule has 1 aromatic rings. The molecule has 1 fully saturated rings. The molecule has 0 spiro atoms. The fourth-order valence-corrected chi connectivity index (χ4v) is 2.17. The predicted octanol–water partition coefficient (Wildman–Crippen LogP) is 1.87. The summed E-state index contributed by atoms with van der Waals surface area (Å²) in [6, 6.07) is 0.515. The molecule has 1 saturated carbocycles. The van der Waals surface area contributed by atoms with Gasteiger partial charge in [0.15, 0.2) is 0 Å². The lowest BCUT2D eigenvalue weighted by molar-refractivity contribution is 0.227. The van der Waals surface area contributed by atoms with Gasteiger partial charge in [0.05, 0.1) is 18.1 Å². The lowest BCUT2D eigenvalue weighted by atomic mass is 9.78. The number of aromatic nitrogens is 2. The lowest BCUT2D eigenvalue weighted by Gasteiger charge is -2.34. The van der Waals surface area contributed by atoms with E-state index in [1.165, 1.54) is 25.0 Å². The first-order valence-electron chi connectivity index (χ1n) is 5.52. The standard InChI is InChI=1S/C11H19N3/c1-3-13-11(9-5-4-6-9)10-7-12-8-14(10)2/h7-9,11,13H,3-6H2,1-2H3. The van der Waals surface area contributed by atoms with Crippen LogP contribution < -0.4 is 5.32 Å². The van der Waals surface area contributed by atoms with Crippen molar-refractivity contribution in [2.45, 2.75) is 32.2 Å². The highest BCUT2D eigenvalue weighted by Gasteiger charge is 2.29. The summed E-state index contributed by atoms with van der Waals surface area (Å²) in [7, 11) is 2.07. The molecule has 3 heteroatoms. The second kappa shape index (κ2) is 4.13. The Kier molecular flexibility index (Phi) is 2.87. The van der Waals surface area contributed by atoms with Gasteiger partial charge in [-0.25, -0.2) is 4.98 Å². The molecule has 0 radical (unpaired) electrons. The van der Waals surface area contributed by atoms with Crippen molar-refractivity contribution in [2.24, 2.45) is 13.0 Å². The highest BCUT2D eigenvalue weighted by molar-refractivity contribution is 5.08. The Hall–Kier alpha value is -0.830. The summed E-state index contributed by atoms with van der Waals surface area (Å²) in [6.45, 7) is 3.20. The molecular formula is C11H19N3. The van der Waals surface area contributed by atoms with Crippen LogP contribution in [0.25, 0.3) is 0 Å². The third-order valence-electron chi connectivity index (χ3n) is 3.22. The minimum absolute atomic E-state index is 0.515. The molecule has 1 N–H and O–H groups in total. The summed E-state index contributed by atoms with van der Waals surface area (Å²) in [6.07, 6.45) is 8.00. The van der Waals surface area contributed by atoms with Gasteiger partial charge in [-0.15, -0.1) is 0 Å². The molecule has 0 aliphatic heterocycles. The fraction of sp³-hybridized carbons (Fsp3) is 0.727. The molecule has 78 valence electrons. The van der Waals surface area contributed by atoms with Gasteiger partial charge in [-0.3, -0.25) is 0 Å². The van der Waals surface area contributed by atoms with E-state index in [-0.39, 0.29) is 0 Å². The van der Waals surface area contributed by atoms with Crippen molar-refractivity contribution >= 4 is 0 Å². The number of rotatable bonds is 4. The Morgan fingerprint density at radius 2 is 2.43 bits per heavy atom. The van der Waals surface area contributed by atoms with Crippen molar-refractivity contribution < 1.29 is 0 Å². The number of imidazole rings is 1. The van der Waals surface area contributed by atoms with Crippen molar-refractivity contribution in [3.05, 3.63) is 18.2 Å². The fourth-order valence-electron chi connectivity index (χ4n) is 2.17. The summed E-state index contributed by atoms with van der Waals surface area (Å²) in [5.41, 5.74) is 1.33. The largest absolute Gasteiger partial charge is 0.336 e. The molecule has 14 heavy (non-hydrogen) atoms. The van der Waals surface area contributed by atoms with Gasteiger partial charge in [0.2, 0.25) is 0 Å². The first kappa shape index (κ1) is 9.71. The van der Waals surface area contributed by atoms with E-state index in [0.29, 0.717) is 6.04 Å². The zero-order valence-electron chi connectivity index (χ0n) is 9.03. The summed E-state index contributed by atoms with van der Waals surface area (Å²) in [4.78, 5) is 4.19. The van der Waals surface area contributed by atoms with Crippen molar-refractivity contribution in [1.82, 2.24) is 14.9 Å². The molecule has 2 rings (SSSR count). The van der Waals surface area contributed by atoms with E-state index in [1.807, 2.05) is 12.5 Å². The highest BCUT2D eigenvalue weighted by Crippen LogP contribution is 2.37. The molecule has 1 aliphatic rings. The van der Waals surface area contributed by atoms with Crippen molar-refractivity contribution in [1.29, 1.82) is 0 Å². The van der Waals surface area contributed by atoms with Gasteiger partial charge in [-0.05, 0) is 25.3 Å². The van der Waals surface area contributed by atoms with E-state index < -0.39 is 0 Å². The zero-order chi connectivity index (χ0) is 9.97. The van der Waals surface area contributed by atoms with Crippen LogP contribution in [0.4, 0.5) is 0 Å². The van der Waals surface area contributed by atoms with Gasteiger partial charge in [0.1, 0.15) is 0 Å². The third-order valence-corrected chi connectivity index (χ3v) is 3.22. The lowest BCUT2D eigenvalue weighted by Crippen LogP contribution is -2.33. The average molecular weight is 193 g/mol. The molecular weight excluding hydrogens is 174 g/mol. The smallest absolute Gasteiger partial charge is 0.0946 e. The Labute approximate surface area is 85.5 Å². The zero-order valence-corrected chi connectivity index (χ0v) is 9.03. The van der Waals surface area contributed by atoms with Crippen LogP contribution in [0.3, 0.4) is 0 Å². The molecule has 1 unspecified atom stereocenters. The van der Waals surface area contributed by atoms with Crippen LogP contribution in [-0.2, 0) is 7.05 Å². The number of nitrogens with zero attached hydrogens (tertiary/aromatic N) is 2. The maximum absolute atomic E-state index is 4.19. The Morgan fingerprint density at radius 1 is 1.64 bits per heavy atom. The Balaban J connectivity index is 2.13. The molecule has 1 aromatic heterocycles. The summed E-state index contributed by atoms with van der Waals surface area (Å²) >= 11 is 0. The summed E-state index contributed by atoms with van der Waals surface area (Å²) in [5.74, 6) is 0.824. The summed E-state index contributed by atoms with van der Waals surface area (Å²) < 4.78 is 2.13. The number of hydrogen-bond donors (Lipinski definition) is 1. The quantitative estimate of drug-likeness (QED) is 0.791. The van der Waals surface area contributed by atoms with Crippen molar-refractivity contribution in [3.8, 4) is 0 Å². The monoisotopic (exact) mass is 193 g/mol. The first-order chi connectivity index (χ1) is 6.83. The van der Waals surface area contributed by atoms with Gasteiger partial charge in [0, 0.05) is 13.2 Å². The van der Waals surface area contributed by atoms with Crippen molar-refractivity contribution in [2.75, 3.05) is 6.54 Å². The Morgan fingerprint density at radius 3 is 2.86 bits per heavy atom. The average Bonchev–Trinajstić information content (AvgIpc) is 2.47. The van der Waals surface area contributed by atoms with Gasteiger partial charge in [-0.2, -0.15) is 0 Å². The Bertz CT molecular complexity index is 288. The van der Waals surface area contributed by atoms with Crippen LogP contribution in [0, 0.1) is 5.92 Å². The molecule has 1 aliphatic carbocycles. The highest BCUT2D eigenvalue weighted by atomic mass is 15.1. The summed E-state index contributed by atoms with van der Waals surface area (Å²) in [5, 5.41) is 3.57. The molecule has 0 saturated heterocycles. The predicted molar refractivity (Wildman–Crippen MR) is 57.0 cm³/mol. The van der Waals surface area contributed by atoms with E-state index in [1.54, 1.807) is 0 Å². The van der Waals surface area contributed by atoms with Crippen LogP contribution in [0.15, 0.2) is 12.5 Å². The number of aryl methyl sites for hydroxylation is 1. The van der Waals surface area contributed by atoms with E-state index in [0.717, 1.165) is 12.5 Å². The van der Waals surface area contributed by atoms with Crippen LogP contribution in [-0.4, -0.2) is 16.1 Å². The van der Waals surface area contributed by atoms with Crippen LogP contribution >= 0.6 is 0 Å². The maximum Gasteiger partial charge on any atom is 0.0946 e. The van der Waals surface area contributed by atoms with Crippen LogP contribution in [0.5, 0.6) is 0 Å². The minimum atomic E-state index is 0.515. The topological polar surface area (TPSA) is 29.9 Å². The second-order valence-electron chi connectivity index (χ2n) is 4.16. The first-order valence-corrected chi connectivity index (χ1v) is 5.52. The van der Waals surface area contributed by atoms with Gasteiger partial charge in [-0.1, -0.05) is 13.3 Å². The number of nitrogens with one attached hydrogen (secondary N) is 1. The normalized spacial score (nSPS) is 19.3. The molecule has 1 heterocycles. The number of hydrogen-bond acceptors (Lipinski definition) is 2. The van der Waals surface area contributed by atoms with Crippen LogP contribution in [0.1, 0.15) is 37.9 Å². The van der Waals surface area contributed by atoms with E-state index in [2.05, 4.69) is 28.8 Å². The van der Waals surface area contributed by atoms with E-state index in [9.17, 15) is 0 Å². The molecule has 3 nitrogen and oxygen atoms in total. The SMILES string of the molecule is CCNC(c1cncn1C)C1CCC1. The molecule has 0 aromatic carbocycles. The van der Waals surface area contributed by atoms with Crippen molar-refractivity contribution in [3.63, 3.8) is 0 Å².